The summed E-state index contributed by atoms with van der Waals surface area (Å²) in [6, 6.07) is 11.4. The van der Waals surface area contributed by atoms with Crippen molar-refractivity contribution < 1.29 is 4.79 Å². The zero-order valence-corrected chi connectivity index (χ0v) is 16.8. The van der Waals surface area contributed by atoms with Crippen LogP contribution in [0.2, 0.25) is 0 Å². The number of hydrogen-bond donors (Lipinski definition) is 2. The third-order valence-electron chi connectivity index (χ3n) is 6.13. The van der Waals surface area contributed by atoms with Gasteiger partial charge in [-0.2, -0.15) is 0 Å². The van der Waals surface area contributed by atoms with Gasteiger partial charge in [0.25, 0.3) is 0 Å². The molecule has 2 aliphatic heterocycles. The van der Waals surface area contributed by atoms with E-state index in [9.17, 15) is 4.79 Å². The van der Waals surface area contributed by atoms with Crippen LogP contribution in [0.25, 0.3) is 0 Å². The summed E-state index contributed by atoms with van der Waals surface area (Å²) in [5.74, 6) is 0.418. The first-order chi connectivity index (χ1) is 13.3. The largest absolute Gasteiger partial charge is 0.355 e. The first-order valence-corrected chi connectivity index (χ1v) is 10.7. The highest BCUT2D eigenvalue weighted by Crippen LogP contribution is 2.24. The average Bonchev–Trinajstić information content (AvgIpc) is 2.73. The second kappa shape index (κ2) is 10.8. The Balaban J connectivity index is 1.39. The van der Waals surface area contributed by atoms with Crippen molar-refractivity contribution in [1.82, 2.24) is 20.4 Å². The number of amides is 1. The highest BCUT2D eigenvalue weighted by molar-refractivity contribution is 5.78. The van der Waals surface area contributed by atoms with E-state index < -0.39 is 0 Å². The molecule has 1 unspecified atom stereocenters. The van der Waals surface area contributed by atoms with Gasteiger partial charge in [0.05, 0.1) is 5.92 Å². The number of carbonyl (C=O) groups excluding carboxylic acids is 1. The van der Waals surface area contributed by atoms with Gasteiger partial charge in [-0.3, -0.25) is 9.69 Å². The van der Waals surface area contributed by atoms with Crippen molar-refractivity contribution in [2.45, 2.75) is 38.1 Å². The molecule has 1 amide bonds. The molecular formula is C22H36N4O. The molecule has 1 aromatic rings. The Morgan fingerprint density at radius 2 is 1.85 bits per heavy atom. The lowest BCUT2D eigenvalue weighted by Gasteiger charge is -2.42. The van der Waals surface area contributed by atoms with Crippen LogP contribution in [0.1, 0.15) is 31.2 Å². The Kier molecular flexibility index (Phi) is 8.11. The maximum Gasteiger partial charge on any atom is 0.224 e. The lowest BCUT2D eigenvalue weighted by atomic mass is 9.93. The number of piperidine rings is 2. The second-order valence-electron chi connectivity index (χ2n) is 8.04. The minimum absolute atomic E-state index is 0.173. The van der Waals surface area contributed by atoms with E-state index in [1.807, 2.05) is 7.05 Å². The molecule has 0 aliphatic carbocycles. The van der Waals surface area contributed by atoms with E-state index >= 15 is 0 Å². The minimum Gasteiger partial charge on any atom is -0.355 e. The summed E-state index contributed by atoms with van der Waals surface area (Å²) in [6.07, 6.45) is 5.81. The SMILES string of the molecule is CNCCNC(=O)C1CCCN(C2CCN(CCc3ccccc3)CC2)C1. The van der Waals surface area contributed by atoms with Gasteiger partial charge in [-0.15, -0.1) is 0 Å². The molecule has 0 saturated carbocycles. The van der Waals surface area contributed by atoms with Crippen molar-refractivity contribution in [2.24, 2.45) is 5.92 Å². The topological polar surface area (TPSA) is 47.6 Å². The van der Waals surface area contributed by atoms with Crippen LogP contribution in [0, 0.1) is 5.92 Å². The van der Waals surface area contributed by atoms with E-state index in [0.717, 1.165) is 52.0 Å². The molecule has 0 bridgehead atoms. The molecule has 0 aromatic heterocycles. The van der Waals surface area contributed by atoms with E-state index in [0.29, 0.717) is 6.04 Å². The lowest BCUT2D eigenvalue weighted by Crippen LogP contribution is -2.51. The lowest BCUT2D eigenvalue weighted by molar-refractivity contribution is -0.127. The Bertz CT molecular complexity index is 557. The van der Waals surface area contributed by atoms with Gasteiger partial charge in [-0.1, -0.05) is 30.3 Å². The van der Waals surface area contributed by atoms with E-state index in [2.05, 4.69) is 50.8 Å². The zero-order valence-electron chi connectivity index (χ0n) is 16.8. The summed E-state index contributed by atoms with van der Waals surface area (Å²) in [4.78, 5) is 17.6. The van der Waals surface area contributed by atoms with Gasteiger partial charge < -0.3 is 15.5 Å². The van der Waals surface area contributed by atoms with E-state index in [1.165, 1.54) is 31.5 Å². The number of nitrogens with zero attached hydrogens (tertiary/aromatic N) is 2. The first kappa shape index (κ1) is 20.3. The Morgan fingerprint density at radius 3 is 2.59 bits per heavy atom. The van der Waals surface area contributed by atoms with Crippen LogP contribution >= 0.6 is 0 Å². The molecule has 150 valence electrons. The average molecular weight is 373 g/mol. The third-order valence-corrected chi connectivity index (χ3v) is 6.13. The van der Waals surface area contributed by atoms with Crippen LogP contribution in [0.3, 0.4) is 0 Å². The molecule has 2 saturated heterocycles. The highest BCUT2D eigenvalue weighted by Gasteiger charge is 2.31. The van der Waals surface area contributed by atoms with Crippen LogP contribution in [0.15, 0.2) is 30.3 Å². The van der Waals surface area contributed by atoms with E-state index in [1.54, 1.807) is 0 Å². The Morgan fingerprint density at radius 1 is 1.07 bits per heavy atom. The first-order valence-electron chi connectivity index (χ1n) is 10.7. The molecule has 0 spiro atoms. The molecule has 2 fully saturated rings. The van der Waals surface area contributed by atoms with Gasteiger partial charge in [-0.25, -0.2) is 0 Å². The standard InChI is InChI=1S/C22H36N4O/c1-23-12-13-24-22(27)20-8-5-14-26(18-20)21-10-16-25(17-11-21)15-9-19-6-3-2-4-7-19/h2-4,6-7,20-21,23H,5,8-18H2,1H3,(H,24,27). The van der Waals surface area contributed by atoms with Crippen molar-refractivity contribution in [3.63, 3.8) is 0 Å². The van der Waals surface area contributed by atoms with Crippen molar-refractivity contribution >= 4 is 5.91 Å². The summed E-state index contributed by atoms with van der Waals surface area (Å²) < 4.78 is 0. The predicted octanol–water partition coefficient (Wildman–Crippen LogP) is 1.74. The summed E-state index contributed by atoms with van der Waals surface area (Å²) in [5, 5.41) is 6.16. The van der Waals surface area contributed by atoms with Crippen LogP contribution < -0.4 is 10.6 Å². The number of carbonyl (C=O) groups is 1. The van der Waals surface area contributed by atoms with E-state index in [4.69, 9.17) is 0 Å². The summed E-state index contributed by atoms with van der Waals surface area (Å²) in [7, 11) is 1.92. The Hall–Kier alpha value is -1.43. The van der Waals surface area contributed by atoms with Gasteiger partial charge in [0.15, 0.2) is 0 Å². The molecule has 5 heteroatoms. The Labute approximate surface area is 164 Å². The van der Waals surface area contributed by atoms with Crippen molar-refractivity contribution in [2.75, 3.05) is 52.9 Å². The van der Waals surface area contributed by atoms with Gasteiger partial charge >= 0.3 is 0 Å². The number of rotatable bonds is 8. The summed E-state index contributed by atoms with van der Waals surface area (Å²) >= 11 is 0. The molecule has 1 aromatic carbocycles. The quantitative estimate of drug-likeness (QED) is 0.683. The number of nitrogens with one attached hydrogen (secondary N) is 2. The monoisotopic (exact) mass is 372 g/mol. The van der Waals surface area contributed by atoms with E-state index in [-0.39, 0.29) is 11.8 Å². The second-order valence-corrected chi connectivity index (χ2v) is 8.04. The van der Waals surface area contributed by atoms with Crippen molar-refractivity contribution in [3.05, 3.63) is 35.9 Å². The normalized spacial score (nSPS) is 22.6. The number of likely N-dealkylation sites (tertiary alicyclic amines) is 2. The predicted molar refractivity (Wildman–Crippen MR) is 111 cm³/mol. The maximum absolute atomic E-state index is 12.4. The molecule has 2 aliphatic rings. The van der Waals surface area contributed by atoms with Crippen LogP contribution in [0.4, 0.5) is 0 Å². The summed E-state index contributed by atoms with van der Waals surface area (Å²) in [6.45, 7) is 7.21. The molecule has 5 nitrogen and oxygen atoms in total. The molecule has 2 N–H and O–H groups in total. The van der Waals surface area contributed by atoms with Gasteiger partial charge in [-0.05, 0) is 64.3 Å². The highest BCUT2D eigenvalue weighted by atomic mass is 16.1. The smallest absolute Gasteiger partial charge is 0.224 e. The molecule has 0 radical (unpaired) electrons. The van der Waals surface area contributed by atoms with Crippen molar-refractivity contribution in [3.8, 4) is 0 Å². The zero-order chi connectivity index (χ0) is 18.9. The van der Waals surface area contributed by atoms with Crippen molar-refractivity contribution in [1.29, 1.82) is 0 Å². The molecular weight excluding hydrogens is 336 g/mol. The molecule has 27 heavy (non-hydrogen) atoms. The van der Waals surface area contributed by atoms with Gasteiger partial charge in [0.2, 0.25) is 5.91 Å². The molecule has 1 atom stereocenters. The number of benzene rings is 1. The minimum atomic E-state index is 0.173. The fourth-order valence-corrected chi connectivity index (χ4v) is 4.45. The van der Waals surface area contributed by atoms with Crippen LogP contribution in [0.5, 0.6) is 0 Å². The number of likely N-dealkylation sites (N-methyl/N-ethyl adjacent to an activating group) is 1. The molecule has 2 heterocycles. The van der Waals surface area contributed by atoms with Gasteiger partial charge in [0.1, 0.15) is 0 Å². The fourth-order valence-electron chi connectivity index (χ4n) is 4.45. The maximum atomic E-state index is 12.4. The van der Waals surface area contributed by atoms with Crippen LogP contribution in [-0.4, -0.2) is 74.6 Å². The molecule has 3 rings (SSSR count). The summed E-state index contributed by atoms with van der Waals surface area (Å²) in [5.41, 5.74) is 1.43. The number of hydrogen-bond acceptors (Lipinski definition) is 4. The fraction of sp³-hybridized carbons (Fsp3) is 0.682. The van der Waals surface area contributed by atoms with Crippen LogP contribution in [-0.2, 0) is 11.2 Å². The van der Waals surface area contributed by atoms with Gasteiger partial charge in [0, 0.05) is 32.2 Å². The third kappa shape index (κ3) is 6.30.